The molecule has 6 rings (SSSR count). The second kappa shape index (κ2) is 11.8. The number of likely N-dealkylation sites (tertiary alicyclic amines) is 1. The van der Waals surface area contributed by atoms with Crippen molar-refractivity contribution in [1.29, 1.82) is 0 Å². The van der Waals surface area contributed by atoms with Crippen LogP contribution in [0.2, 0.25) is 0 Å². The average molecular weight is 536 g/mol. The molecule has 0 spiro atoms. The summed E-state index contributed by atoms with van der Waals surface area (Å²) in [6, 6.07) is 30.1. The molecule has 40 heavy (non-hydrogen) atoms. The average Bonchev–Trinajstić information content (AvgIpc) is 3.27. The van der Waals surface area contributed by atoms with Crippen molar-refractivity contribution in [1.82, 2.24) is 14.7 Å². The number of fused-ring (bicyclic) bond motifs is 1. The van der Waals surface area contributed by atoms with E-state index in [0.717, 1.165) is 31.2 Å². The van der Waals surface area contributed by atoms with Crippen molar-refractivity contribution in [2.75, 3.05) is 26.2 Å². The van der Waals surface area contributed by atoms with Crippen LogP contribution in [0.5, 0.6) is 0 Å². The maximum Gasteiger partial charge on any atom is 0.246 e. The third kappa shape index (κ3) is 5.20. The second-order valence-corrected chi connectivity index (χ2v) is 11.3. The van der Waals surface area contributed by atoms with Crippen molar-refractivity contribution < 1.29 is 14.4 Å². The van der Waals surface area contributed by atoms with E-state index in [1.807, 2.05) is 47.4 Å². The third-order valence-corrected chi connectivity index (χ3v) is 8.97. The van der Waals surface area contributed by atoms with Crippen molar-refractivity contribution >= 4 is 17.7 Å². The van der Waals surface area contributed by atoms with Crippen LogP contribution in [0.25, 0.3) is 0 Å². The lowest BCUT2D eigenvalue weighted by molar-refractivity contribution is -0.152. The molecule has 0 radical (unpaired) electrons. The maximum atomic E-state index is 14.2. The fourth-order valence-corrected chi connectivity index (χ4v) is 6.92. The molecule has 3 fully saturated rings. The van der Waals surface area contributed by atoms with Crippen molar-refractivity contribution in [3.05, 3.63) is 108 Å². The molecule has 6 nitrogen and oxygen atoms in total. The Morgan fingerprint density at radius 1 is 0.675 bits per heavy atom. The summed E-state index contributed by atoms with van der Waals surface area (Å²) in [6.07, 6.45) is 3.79. The molecule has 1 saturated carbocycles. The number of imide groups is 1. The summed E-state index contributed by atoms with van der Waals surface area (Å²) >= 11 is 0. The van der Waals surface area contributed by atoms with Gasteiger partial charge in [-0.15, -0.1) is 0 Å². The predicted octanol–water partition coefficient (Wildman–Crippen LogP) is 4.71. The van der Waals surface area contributed by atoms with Gasteiger partial charge in [-0.1, -0.05) is 104 Å². The zero-order valence-electron chi connectivity index (χ0n) is 22.9. The second-order valence-electron chi connectivity index (χ2n) is 11.3. The number of rotatable bonds is 7. The molecule has 0 unspecified atom stereocenters. The smallest absolute Gasteiger partial charge is 0.246 e. The Balaban J connectivity index is 1.23. The molecule has 0 N–H and O–H groups in total. The lowest BCUT2D eigenvalue weighted by Crippen LogP contribution is -2.57. The van der Waals surface area contributed by atoms with E-state index in [1.165, 1.54) is 16.0 Å². The quantitative estimate of drug-likeness (QED) is 0.412. The minimum absolute atomic E-state index is 0.102. The molecule has 3 aromatic carbocycles. The zero-order valence-corrected chi connectivity index (χ0v) is 22.9. The highest BCUT2D eigenvalue weighted by Crippen LogP contribution is 2.39. The number of nitrogens with zero attached hydrogens (tertiary/aromatic N) is 3. The van der Waals surface area contributed by atoms with E-state index in [9.17, 15) is 14.4 Å². The fraction of sp³-hybridized carbons (Fsp3) is 0.382. The highest BCUT2D eigenvalue weighted by molar-refractivity contribution is 6.08. The first-order valence-corrected chi connectivity index (χ1v) is 14.7. The number of carbonyl (C=O) groups excluding carboxylic acids is 3. The number of hydrogen-bond acceptors (Lipinski definition) is 4. The van der Waals surface area contributed by atoms with Crippen molar-refractivity contribution in [2.45, 2.75) is 44.2 Å². The van der Waals surface area contributed by atoms with Crippen molar-refractivity contribution in [2.24, 2.45) is 11.8 Å². The monoisotopic (exact) mass is 535 g/mol. The highest BCUT2D eigenvalue weighted by atomic mass is 16.2. The summed E-state index contributed by atoms with van der Waals surface area (Å²) in [7, 11) is 0. The van der Waals surface area contributed by atoms with E-state index in [4.69, 9.17) is 0 Å². The van der Waals surface area contributed by atoms with Crippen LogP contribution in [0.15, 0.2) is 91.0 Å². The number of carbonyl (C=O) groups is 3. The van der Waals surface area contributed by atoms with Gasteiger partial charge in [-0.2, -0.15) is 0 Å². The van der Waals surface area contributed by atoms with E-state index in [-0.39, 0.29) is 35.6 Å². The van der Waals surface area contributed by atoms with E-state index in [0.29, 0.717) is 32.6 Å². The molecule has 6 heteroatoms. The summed E-state index contributed by atoms with van der Waals surface area (Å²) in [5, 5.41) is 0. The number of piperazine rings is 1. The van der Waals surface area contributed by atoms with Crippen LogP contribution in [-0.2, 0) is 20.8 Å². The van der Waals surface area contributed by atoms with Gasteiger partial charge in [0.15, 0.2) is 0 Å². The minimum Gasteiger partial charge on any atom is -0.338 e. The van der Waals surface area contributed by atoms with Gasteiger partial charge in [0, 0.05) is 32.6 Å². The first-order valence-electron chi connectivity index (χ1n) is 14.7. The van der Waals surface area contributed by atoms with Gasteiger partial charge in [-0.05, 0) is 29.5 Å². The van der Waals surface area contributed by atoms with Gasteiger partial charge in [-0.25, -0.2) is 0 Å². The Labute approximate surface area is 236 Å². The van der Waals surface area contributed by atoms with Crippen LogP contribution in [0, 0.1) is 11.8 Å². The third-order valence-electron chi connectivity index (χ3n) is 8.97. The molecular formula is C34H37N3O3. The van der Waals surface area contributed by atoms with E-state index in [2.05, 4.69) is 53.4 Å². The SMILES string of the molecule is O=C([C@H](Cc1ccccc1)N1C(=O)[C@H]2CCCC[C@@H]2C1=O)N1CCN(C(c2ccccc2)c2ccccc2)CC1. The molecule has 3 aliphatic rings. The summed E-state index contributed by atoms with van der Waals surface area (Å²) < 4.78 is 0. The molecule has 206 valence electrons. The van der Waals surface area contributed by atoms with Crippen molar-refractivity contribution in [3.63, 3.8) is 0 Å². The van der Waals surface area contributed by atoms with Crippen LogP contribution in [0.4, 0.5) is 0 Å². The Kier molecular flexibility index (Phi) is 7.78. The molecule has 2 heterocycles. The lowest BCUT2D eigenvalue weighted by Gasteiger charge is -2.41. The van der Waals surface area contributed by atoms with Crippen molar-refractivity contribution in [3.8, 4) is 0 Å². The first-order chi connectivity index (χ1) is 19.6. The van der Waals surface area contributed by atoms with Gasteiger partial charge in [0.1, 0.15) is 6.04 Å². The number of amides is 3. The zero-order chi connectivity index (χ0) is 27.5. The van der Waals surface area contributed by atoms with Crippen LogP contribution < -0.4 is 0 Å². The lowest BCUT2D eigenvalue weighted by atomic mass is 9.81. The fourth-order valence-electron chi connectivity index (χ4n) is 6.92. The molecular weight excluding hydrogens is 498 g/mol. The van der Waals surface area contributed by atoms with Gasteiger partial charge in [0.25, 0.3) is 0 Å². The van der Waals surface area contributed by atoms with E-state index < -0.39 is 6.04 Å². The normalized spacial score (nSPS) is 22.4. The summed E-state index contributed by atoms with van der Waals surface area (Å²) in [5.41, 5.74) is 3.42. The van der Waals surface area contributed by atoms with Gasteiger partial charge < -0.3 is 4.90 Å². The molecule has 3 amide bonds. The van der Waals surface area contributed by atoms with Gasteiger partial charge >= 0.3 is 0 Å². The molecule has 0 aromatic heterocycles. The van der Waals surface area contributed by atoms with Crippen LogP contribution in [0.1, 0.15) is 48.4 Å². The number of benzene rings is 3. The van der Waals surface area contributed by atoms with Gasteiger partial charge in [-0.3, -0.25) is 24.2 Å². The minimum atomic E-state index is -0.793. The standard InChI is InChI=1S/C34H37N3O3/c38-32-28-18-10-11-19-29(28)33(39)37(32)30(24-25-12-4-1-5-13-25)34(40)36-22-20-35(21-23-36)31(26-14-6-2-7-15-26)27-16-8-3-9-17-27/h1-9,12-17,28-31H,10-11,18-24H2/t28-,29-,30-/m0/s1. The maximum absolute atomic E-state index is 14.2. The highest BCUT2D eigenvalue weighted by Gasteiger charge is 2.52. The largest absolute Gasteiger partial charge is 0.338 e. The predicted molar refractivity (Wildman–Crippen MR) is 154 cm³/mol. The van der Waals surface area contributed by atoms with E-state index in [1.54, 1.807) is 0 Å². The Bertz CT molecular complexity index is 1260. The first kappa shape index (κ1) is 26.5. The van der Waals surface area contributed by atoms with Gasteiger partial charge in [0.05, 0.1) is 17.9 Å². The molecule has 2 saturated heterocycles. The number of hydrogen-bond donors (Lipinski definition) is 0. The molecule has 2 aliphatic heterocycles. The van der Waals surface area contributed by atoms with Gasteiger partial charge in [0.2, 0.25) is 17.7 Å². The summed E-state index contributed by atoms with van der Waals surface area (Å²) in [6.45, 7) is 2.55. The molecule has 3 atom stereocenters. The van der Waals surface area contributed by atoms with Crippen LogP contribution >= 0.6 is 0 Å². The summed E-state index contributed by atoms with van der Waals surface area (Å²) in [4.78, 5) is 46.9. The topological polar surface area (TPSA) is 60.9 Å². The molecule has 0 bridgehead atoms. The Hall–Kier alpha value is -3.77. The van der Waals surface area contributed by atoms with E-state index >= 15 is 0 Å². The Morgan fingerprint density at radius 2 is 1.15 bits per heavy atom. The summed E-state index contributed by atoms with van der Waals surface area (Å²) in [5.74, 6) is -0.921. The molecule has 1 aliphatic carbocycles. The Morgan fingerprint density at radius 3 is 1.65 bits per heavy atom. The molecule has 3 aromatic rings. The van der Waals surface area contributed by atoms with Crippen LogP contribution in [-0.4, -0.2) is 64.6 Å². The van der Waals surface area contributed by atoms with Crippen LogP contribution in [0.3, 0.4) is 0 Å².